The van der Waals surface area contributed by atoms with E-state index in [1.165, 1.54) is 16.7 Å². The molecule has 0 aliphatic carbocycles. The van der Waals surface area contributed by atoms with Crippen LogP contribution in [0, 0.1) is 0 Å². The van der Waals surface area contributed by atoms with Crippen LogP contribution in [0.3, 0.4) is 0 Å². The summed E-state index contributed by atoms with van der Waals surface area (Å²) in [5.41, 5.74) is 6.82. The second-order valence-corrected chi connectivity index (χ2v) is 10.6. The molecule has 5 atom stereocenters. The zero-order valence-electron chi connectivity index (χ0n) is 17.8. The van der Waals surface area contributed by atoms with Crippen molar-refractivity contribution in [1.82, 2.24) is 20.9 Å². The number of aliphatic carboxylic acids is 1. The molecule has 1 aromatic rings. The highest BCUT2D eigenvalue weighted by atomic mass is 32.2. The maximum absolute atomic E-state index is 13.2. The summed E-state index contributed by atoms with van der Waals surface area (Å²) in [6.07, 6.45) is 1.55. The molecule has 6 N–H and O–H groups in total. The van der Waals surface area contributed by atoms with Crippen molar-refractivity contribution in [3.63, 3.8) is 0 Å². The molecule has 3 saturated heterocycles. The summed E-state index contributed by atoms with van der Waals surface area (Å²) in [6.45, 7) is 4.27. The molecule has 0 aromatic heterocycles. The summed E-state index contributed by atoms with van der Waals surface area (Å²) in [5.74, 6) is -2.35. The lowest BCUT2D eigenvalue weighted by Crippen LogP contribution is -2.71. The summed E-state index contributed by atoms with van der Waals surface area (Å²) in [7, 11) is 0. The average molecular weight is 462 g/mol. The third-order valence-corrected chi connectivity index (χ3v) is 7.71. The van der Waals surface area contributed by atoms with Crippen LogP contribution in [0.15, 0.2) is 24.3 Å². The van der Waals surface area contributed by atoms with Gasteiger partial charge in [-0.25, -0.2) is 4.79 Å². The molecule has 1 aromatic carbocycles. The summed E-state index contributed by atoms with van der Waals surface area (Å²) < 4.78 is -0.693. The summed E-state index contributed by atoms with van der Waals surface area (Å²) in [5, 5.41) is 17.7. The molecule has 0 radical (unpaired) electrons. The average Bonchev–Trinajstić information content (AvgIpc) is 3.34. The Balaban J connectivity index is 1.52. The minimum absolute atomic E-state index is 0.297. The molecule has 3 amide bonds. The van der Waals surface area contributed by atoms with E-state index in [9.17, 15) is 24.3 Å². The highest BCUT2D eigenvalue weighted by Crippen LogP contribution is 2.50. The Bertz CT molecular complexity index is 964. The number of nitrogens with two attached hydrogens (primary N) is 1. The van der Waals surface area contributed by atoms with Gasteiger partial charge in [0, 0.05) is 10.4 Å². The fraction of sp³-hybridized carbons (Fsp3) is 0.524. The van der Waals surface area contributed by atoms with Crippen LogP contribution in [-0.2, 0) is 19.2 Å². The van der Waals surface area contributed by atoms with Crippen molar-refractivity contribution in [3.05, 3.63) is 29.8 Å². The Kier molecular flexibility index (Phi) is 5.80. The number of fused-ring (bicyclic) bond motifs is 1. The number of carboxylic acids is 1. The molecule has 3 aliphatic heterocycles. The number of thioether (sulfide) groups is 1. The van der Waals surface area contributed by atoms with Crippen molar-refractivity contribution in [3.8, 4) is 0 Å². The largest absolute Gasteiger partial charge is 0.480 e. The highest BCUT2D eigenvalue weighted by Gasteiger charge is 2.64. The standard InChI is InChI=1S/C21H27N5O5S/c1-21(2)15(20(30)31)26-18(29)14(19(26)32-21)25-17(28)13(10-5-3-6-11(22)9-10)24-16(27)12-7-4-8-23-12/h3,5-6,9,12-15,19,23H,4,7-8,22H2,1-2H3,(H,24,27)(H,25,28)(H,30,31)/t12?,13?,14?,15-,19+/m0/s1. The zero-order chi connectivity index (χ0) is 23.2. The van der Waals surface area contributed by atoms with E-state index in [1.54, 1.807) is 38.1 Å². The van der Waals surface area contributed by atoms with Gasteiger partial charge in [0.05, 0.1) is 6.04 Å². The van der Waals surface area contributed by atoms with Crippen molar-refractivity contribution >= 4 is 41.1 Å². The van der Waals surface area contributed by atoms with Gasteiger partial charge in [0.2, 0.25) is 17.7 Å². The summed E-state index contributed by atoms with van der Waals surface area (Å²) >= 11 is 1.34. The molecule has 3 heterocycles. The van der Waals surface area contributed by atoms with Gasteiger partial charge < -0.3 is 31.7 Å². The number of hydrogen-bond acceptors (Lipinski definition) is 7. The molecule has 0 saturated carbocycles. The first-order valence-electron chi connectivity index (χ1n) is 10.5. The van der Waals surface area contributed by atoms with Crippen molar-refractivity contribution < 1.29 is 24.3 Å². The minimum atomic E-state index is -1.07. The number of benzene rings is 1. The molecule has 3 fully saturated rings. The number of β-lactam (4-membered cyclic amide) rings is 1. The fourth-order valence-corrected chi connectivity index (χ4v) is 6.20. The highest BCUT2D eigenvalue weighted by molar-refractivity contribution is 8.01. The van der Waals surface area contributed by atoms with Gasteiger partial charge in [-0.3, -0.25) is 14.4 Å². The van der Waals surface area contributed by atoms with E-state index in [0.717, 1.165) is 13.0 Å². The number of anilines is 1. The molecule has 10 nitrogen and oxygen atoms in total. The van der Waals surface area contributed by atoms with Gasteiger partial charge in [-0.2, -0.15) is 0 Å². The Morgan fingerprint density at radius 2 is 2.09 bits per heavy atom. The van der Waals surface area contributed by atoms with Crippen LogP contribution in [-0.4, -0.2) is 68.5 Å². The van der Waals surface area contributed by atoms with Crippen LogP contribution in [0.4, 0.5) is 5.69 Å². The van der Waals surface area contributed by atoms with E-state index in [-0.39, 0.29) is 11.9 Å². The number of carboxylic acid groups (broad SMARTS) is 1. The van der Waals surface area contributed by atoms with Crippen molar-refractivity contribution in [1.29, 1.82) is 0 Å². The van der Waals surface area contributed by atoms with Gasteiger partial charge in [-0.1, -0.05) is 12.1 Å². The predicted octanol–water partition coefficient (Wildman–Crippen LogP) is -0.190. The molecular formula is C21H27N5O5S. The molecule has 172 valence electrons. The molecule has 11 heteroatoms. The van der Waals surface area contributed by atoms with Gasteiger partial charge in [0.15, 0.2) is 0 Å². The number of carbonyl (C=O) groups is 4. The van der Waals surface area contributed by atoms with E-state index in [1.807, 2.05) is 0 Å². The first-order chi connectivity index (χ1) is 15.1. The number of hydrogen-bond donors (Lipinski definition) is 5. The smallest absolute Gasteiger partial charge is 0.327 e. The number of nitrogen functional groups attached to an aromatic ring is 1. The lowest BCUT2D eigenvalue weighted by Gasteiger charge is -2.44. The quantitative estimate of drug-likeness (QED) is 0.289. The maximum Gasteiger partial charge on any atom is 0.327 e. The van der Waals surface area contributed by atoms with Crippen LogP contribution < -0.4 is 21.7 Å². The normalized spacial score (nSPS) is 29.1. The van der Waals surface area contributed by atoms with Crippen LogP contribution >= 0.6 is 11.8 Å². The van der Waals surface area contributed by atoms with Crippen LogP contribution in [0.2, 0.25) is 0 Å². The topological polar surface area (TPSA) is 154 Å². The molecular weight excluding hydrogens is 434 g/mol. The number of amides is 3. The summed E-state index contributed by atoms with van der Waals surface area (Å²) in [6, 6.07) is 3.42. The second-order valence-electron chi connectivity index (χ2n) is 8.85. The third-order valence-electron chi connectivity index (χ3n) is 6.14. The predicted molar refractivity (Wildman–Crippen MR) is 118 cm³/mol. The molecule has 4 rings (SSSR count). The van der Waals surface area contributed by atoms with Crippen molar-refractivity contribution in [2.75, 3.05) is 12.3 Å². The maximum atomic E-state index is 13.2. The van der Waals surface area contributed by atoms with Gasteiger partial charge in [-0.05, 0) is 50.9 Å². The molecule has 0 spiro atoms. The van der Waals surface area contributed by atoms with E-state index >= 15 is 0 Å². The summed E-state index contributed by atoms with van der Waals surface area (Å²) in [4.78, 5) is 51.7. The van der Waals surface area contributed by atoms with Gasteiger partial charge >= 0.3 is 5.97 Å². The molecule has 3 aliphatic rings. The van der Waals surface area contributed by atoms with E-state index in [4.69, 9.17) is 5.73 Å². The monoisotopic (exact) mass is 461 g/mol. The SMILES string of the molecule is CC1(C)S[C@@H]2C(NC(=O)C(NC(=O)C3CCCN3)c3cccc(N)c3)C(=O)N2[C@H]1C(=O)O. The molecule has 3 unspecified atom stereocenters. The Morgan fingerprint density at radius 3 is 2.72 bits per heavy atom. The Morgan fingerprint density at radius 1 is 1.34 bits per heavy atom. The Hall–Kier alpha value is -2.79. The third kappa shape index (κ3) is 3.90. The number of nitrogens with one attached hydrogen (secondary N) is 3. The van der Waals surface area contributed by atoms with Gasteiger partial charge in [0.25, 0.3) is 0 Å². The van der Waals surface area contributed by atoms with Crippen LogP contribution in [0.1, 0.15) is 38.3 Å². The van der Waals surface area contributed by atoms with Crippen LogP contribution in [0.5, 0.6) is 0 Å². The molecule has 32 heavy (non-hydrogen) atoms. The number of carbonyl (C=O) groups excluding carboxylic acids is 3. The number of nitrogens with zero attached hydrogens (tertiary/aromatic N) is 1. The van der Waals surface area contributed by atoms with Crippen molar-refractivity contribution in [2.45, 2.75) is 61.0 Å². The van der Waals surface area contributed by atoms with E-state index in [0.29, 0.717) is 17.7 Å². The number of rotatable bonds is 6. The van der Waals surface area contributed by atoms with Gasteiger partial charge in [-0.15, -0.1) is 11.8 Å². The van der Waals surface area contributed by atoms with Crippen molar-refractivity contribution in [2.24, 2.45) is 0 Å². The molecule has 0 bridgehead atoms. The second kappa shape index (κ2) is 8.28. The van der Waals surface area contributed by atoms with Gasteiger partial charge in [0.1, 0.15) is 23.5 Å². The fourth-order valence-electron chi connectivity index (χ4n) is 4.57. The Labute approximate surface area is 189 Å². The first kappa shape index (κ1) is 22.4. The van der Waals surface area contributed by atoms with Crippen LogP contribution in [0.25, 0.3) is 0 Å². The lowest BCUT2D eigenvalue weighted by atomic mass is 9.95. The zero-order valence-corrected chi connectivity index (χ0v) is 18.6. The lowest BCUT2D eigenvalue weighted by molar-refractivity contribution is -0.161. The minimum Gasteiger partial charge on any atom is -0.480 e. The van der Waals surface area contributed by atoms with E-state index in [2.05, 4.69) is 16.0 Å². The van der Waals surface area contributed by atoms with E-state index < -0.39 is 46.0 Å². The first-order valence-corrected chi connectivity index (χ1v) is 11.4.